The van der Waals surface area contributed by atoms with Crippen LogP contribution in [0.25, 0.3) is 0 Å². The van der Waals surface area contributed by atoms with Crippen LogP contribution in [0.5, 0.6) is 0 Å². The molecule has 120 valence electrons. The molecule has 1 atom stereocenters. The van der Waals surface area contributed by atoms with Crippen molar-refractivity contribution in [1.29, 1.82) is 0 Å². The molecule has 0 radical (unpaired) electrons. The van der Waals surface area contributed by atoms with Crippen LogP contribution in [0.4, 0.5) is 8.78 Å². The lowest BCUT2D eigenvalue weighted by molar-refractivity contribution is 0.158. The minimum absolute atomic E-state index is 0. The number of aryl methyl sites for hydroxylation is 1. The molecule has 0 aliphatic rings. The predicted octanol–water partition coefficient (Wildman–Crippen LogP) is 3.54. The maximum Gasteiger partial charge on any atom is 0.257 e. The van der Waals surface area contributed by atoms with Crippen LogP contribution in [0, 0.1) is 6.92 Å². The van der Waals surface area contributed by atoms with Gasteiger partial charge in [0.05, 0.1) is 0 Å². The lowest BCUT2D eigenvalue weighted by Gasteiger charge is -2.16. The van der Waals surface area contributed by atoms with Crippen molar-refractivity contribution >= 4 is 29.9 Å². The summed E-state index contributed by atoms with van der Waals surface area (Å²) in [6, 6.07) is 8.32. The fraction of sp³-hybridized carbons (Fsp3) is 0.533. The number of hydrogen-bond donors (Lipinski definition) is 2. The highest BCUT2D eigenvalue weighted by Crippen LogP contribution is 2.14. The van der Waals surface area contributed by atoms with E-state index in [1.54, 1.807) is 0 Å². The molecule has 1 aromatic rings. The molecule has 0 saturated carbocycles. The molecule has 6 heteroatoms. The Morgan fingerprint density at radius 3 is 2.33 bits per heavy atom. The average Bonchev–Trinajstić information content (AvgIpc) is 2.42. The second-order valence-corrected chi connectivity index (χ2v) is 4.80. The molecule has 0 fully saturated rings. The molecule has 0 heterocycles. The highest BCUT2D eigenvalue weighted by Gasteiger charge is 2.07. The van der Waals surface area contributed by atoms with E-state index in [-0.39, 0.29) is 29.9 Å². The summed E-state index contributed by atoms with van der Waals surface area (Å²) in [7, 11) is 0. The highest BCUT2D eigenvalue weighted by atomic mass is 127. The van der Waals surface area contributed by atoms with Gasteiger partial charge in [-0.25, -0.2) is 13.8 Å². The van der Waals surface area contributed by atoms with E-state index in [1.165, 1.54) is 11.1 Å². The third kappa shape index (κ3) is 8.18. The number of halogens is 3. The minimum Gasteiger partial charge on any atom is -0.357 e. The Hall–Kier alpha value is -0.920. The van der Waals surface area contributed by atoms with Crippen molar-refractivity contribution in [3.8, 4) is 0 Å². The van der Waals surface area contributed by atoms with E-state index in [0.717, 1.165) is 0 Å². The molecule has 0 bridgehead atoms. The Morgan fingerprint density at radius 1 is 1.19 bits per heavy atom. The number of aliphatic imine (C=N–C) groups is 1. The van der Waals surface area contributed by atoms with Gasteiger partial charge in [-0.2, -0.15) is 0 Å². The second-order valence-electron chi connectivity index (χ2n) is 4.80. The van der Waals surface area contributed by atoms with Crippen molar-refractivity contribution in [2.45, 2.75) is 33.1 Å². The SMILES string of the molecule is CCNC(=NCC(F)F)NCC(C)c1ccc(C)cc1.I. The van der Waals surface area contributed by atoms with Gasteiger partial charge in [-0.3, -0.25) is 0 Å². The summed E-state index contributed by atoms with van der Waals surface area (Å²) in [5, 5.41) is 6.05. The Balaban J connectivity index is 0.00000400. The average molecular weight is 411 g/mol. The van der Waals surface area contributed by atoms with Crippen molar-refractivity contribution in [3.63, 3.8) is 0 Å². The van der Waals surface area contributed by atoms with Gasteiger partial charge >= 0.3 is 0 Å². The summed E-state index contributed by atoms with van der Waals surface area (Å²) in [6.07, 6.45) is -2.42. The smallest absolute Gasteiger partial charge is 0.257 e. The molecular weight excluding hydrogens is 387 g/mol. The molecule has 21 heavy (non-hydrogen) atoms. The summed E-state index contributed by atoms with van der Waals surface area (Å²) in [5.41, 5.74) is 2.44. The van der Waals surface area contributed by atoms with Gasteiger partial charge in [0.15, 0.2) is 5.96 Å². The van der Waals surface area contributed by atoms with E-state index in [4.69, 9.17) is 0 Å². The van der Waals surface area contributed by atoms with Gasteiger partial charge in [-0.1, -0.05) is 36.8 Å². The maximum absolute atomic E-state index is 12.2. The molecule has 0 saturated heterocycles. The largest absolute Gasteiger partial charge is 0.357 e. The van der Waals surface area contributed by atoms with Crippen molar-refractivity contribution in [1.82, 2.24) is 10.6 Å². The van der Waals surface area contributed by atoms with Crippen LogP contribution in [-0.2, 0) is 0 Å². The van der Waals surface area contributed by atoms with Gasteiger partial charge in [0, 0.05) is 13.1 Å². The fourth-order valence-corrected chi connectivity index (χ4v) is 1.76. The normalized spacial score (nSPS) is 12.8. The van der Waals surface area contributed by atoms with Crippen LogP contribution in [0.15, 0.2) is 29.3 Å². The van der Waals surface area contributed by atoms with Crippen LogP contribution in [0.3, 0.4) is 0 Å². The van der Waals surface area contributed by atoms with Crippen LogP contribution >= 0.6 is 24.0 Å². The third-order valence-corrected chi connectivity index (χ3v) is 2.95. The maximum atomic E-state index is 12.2. The molecule has 1 aromatic carbocycles. The van der Waals surface area contributed by atoms with Crippen LogP contribution < -0.4 is 10.6 Å². The van der Waals surface area contributed by atoms with E-state index in [0.29, 0.717) is 19.0 Å². The van der Waals surface area contributed by atoms with Crippen LogP contribution in [0.2, 0.25) is 0 Å². The van der Waals surface area contributed by atoms with Crippen LogP contribution in [0.1, 0.15) is 30.9 Å². The van der Waals surface area contributed by atoms with Gasteiger partial charge in [-0.05, 0) is 25.3 Å². The fourth-order valence-electron chi connectivity index (χ4n) is 1.76. The molecule has 0 aliphatic carbocycles. The van der Waals surface area contributed by atoms with Crippen molar-refractivity contribution in [2.24, 2.45) is 4.99 Å². The summed E-state index contributed by atoms with van der Waals surface area (Å²) in [5.74, 6) is 0.720. The molecular formula is C15H24F2IN3. The Morgan fingerprint density at radius 2 is 1.81 bits per heavy atom. The van der Waals surface area contributed by atoms with E-state index in [9.17, 15) is 8.78 Å². The summed E-state index contributed by atoms with van der Waals surface area (Å²) in [4.78, 5) is 3.84. The molecule has 0 aromatic heterocycles. The van der Waals surface area contributed by atoms with Gasteiger partial charge in [0.25, 0.3) is 6.43 Å². The van der Waals surface area contributed by atoms with Crippen LogP contribution in [-0.4, -0.2) is 32.0 Å². The number of nitrogens with zero attached hydrogens (tertiary/aromatic N) is 1. The van der Waals surface area contributed by atoms with Crippen molar-refractivity contribution < 1.29 is 8.78 Å². The first-order valence-corrected chi connectivity index (χ1v) is 6.89. The molecule has 3 nitrogen and oxygen atoms in total. The first-order valence-electron chi connectivity index (χ1n) is 6.89. The summed E-state index contributed by atoms with van der Waals surface area (Å²) in [6.45, 7) is 6.87. The number of benzene rings is 1. The van der Waals surface area contributed by atoms with Crippen molar-refractivity contribution in [3.05, 3.63) is 35.4 Å². The molecule has 0 aliphatic heterocycles. The summed E-state index contributed by atoms with van der Waals surface area (Å²) < 4.78 is 24.3. The Bertz CT molecular complexity index is 421. The molecule has 1 rings (SSSR count). The Kier molecular flexibility index (Phi) is 10.3. The molecule has 0 spiro atoms. The first kappa shape index (κ1) is 20.1. The lowest BCUT2D eigenvalue weighted by Crippen LogP contribution is -2.39. The quantitative estimate of drug-likeness (QED) is 0.427. The zero-order valence-corrected chi connectivity index (χ0v) is 15.0. The van der Waals surface area contributed by atoms with Crippen molar-refractivity contribution in [2.75, 3.05) is 19.6 Å². The standard InChI is InChI=1S/C15H23F2N3.HI/c1-4-18-15(20-10-14(16)17)19-9-12(3)13-7-5-11(2)6-8-13;/h5-8,12,14H,4,9-10H2,1-3H3,(H2,18,19,20);1H. The zero-order chi connectivity index (χ0) is 15.0. The monoisotopic (exact) mass is 411 g/mol. The van der Waals surface area contributed by atoms with E-state index < -0.39 is 13.0 Å². The third-order valence-electron chi connectivity index (χ3n) is 2.95. The first-order chi connectivity index (χ1) is 9.52. The molecule has 0 amide bonds. The topological polar surface area (TPSA) is 36.4 Å². The summed E-state index contributed by atoms with van der Waals surface area (Å²) >= 11 is 0. The Labute approximate surface area is 142 Å². The molecule has 1 unspecified atom stereocenters. The second kappa shape index (κ2) is 10.8. The number of nitrogens with one attached hydrogen (secondary N) is 2. The number of guanidine groups is 1. The van der Waals surface area contributed by atoms with Gasteiger partial charge in [-0.15, -0.1) is 24.0 Å². The zero-order valence-electron chi connectivity index (χ0n) is 12.7. The van der Waals surface area contributed by atoms with Gasteiger partial charge in [0.1, 0.15) is 6.54 Å². The lowest BCUT2D eigenvalue weighted by atomic mass is 10.0. The highest BCUT2D eigenvalue weighted by molar-refractivity contribution is 14.0. The van der Waals surface area contributed by atoms with Gasteiger partial charge < -0.3 is 10.6 Å². The molecule has 2 N–H and O–H groups in total. The van der Waals surface area contributed by atoms with Gasteiger partial charge in [0.2, 0.25) is 0 Å². The van der Waals surface area contributed by atoms with E-state index in [2.05, 4.69) is 46.8 Å². The number of alkyl halides is 2. The number of hydrogen-bond acceptors (Lipinski definition) is 1. The van der Waals surface area contributed by atoms with E-state index >= 15 is 0 Å². The predicted molar refractivity (Wildman–Crippen MR) is 95.0 cm³/mol. The van der Waals surface area contributed by atoms with E-state index in [1.807, 2.05) is 13.8 Å². The number of rotatable bonds is 6. The minimum atomic E-state index is -2.42.